The number of phenolic OH excluding ortho intramolecular Hbond substituents is 1. The quantitative estimate of drug-likeness (QED) is 0.488. The highest BCUT2D eigenvalue weighted by molar-refractivity contribution is 6.04. The maximum absolute atomic E-state index is 12.7. The Labute approximate surface area is 209 Å². The summed E-state index contributed by atoms with van der Waals surface area (Å²) in [6.45, 7) is 12.4. The van der Waals surface area contributed by atoms with Crippen molar-refractivity contribution < 1.29 is 9.90 Å². The van der Waals surface area contributed by atoms with Crippen LogP contribution in [0.2, 0.25) is 0 Å². The number of rotatable bonds is 6. The van der Waals surface area contributed by atoms with Gasteiger partial charge in [0, 0.05) is 37.4 Å². The fourth-order valence-electron chi connectivity index (χ4n) is 4.53. The standard InChI is InChI=1S/C30H37N3O2/c1-30(2,3)26-12-14-27(15-13-26)31-29(35)25-10-8-23(9-11-25)21-32-16-5-17-33(19-18-32)22-24-6-4-7-28(34)20-24/h4,6-15,20,34H,5,16-19,21-22H2,1-3H3,(H,31,35). The maximum atomic E-state index is 12.7. The molecule has 0 spiro atoms. The van der Waals surface area contributed by atoms with E-state index in [9.17, 15) is 9.90 Å². The van der Waals surface area contributed by atoms with Crippen LogP contribution in [0.15, 0.2) is 72.8 Å². The Bertz CT molecular complexity index is 1120. The van der Waals surface area contributed by atoms with Crippen molar-refractivity contribution in [3.8, 4) is 5.75 Å². The lowest BCUT2D eigenvalue weighted by molar-refractivity contribution is 0.102. The van der Waals surface area contributed by atoms with Crippen LogP contribution in [0.4, 0.5) is 5.69 Å². The molecule has 0 bridgehead atoms. The lowest BCUT2D eigenvalue weighted by atomic mass is 9.87. The average Bonchev–Trinajstić information content (AvgIpc) is 3.04. The van der Waals surface area contributed by atoms with Crippen LogP contribution in [0.3, 0.4) is 0 Å². The van der Waals surface area contributed by atoms with Crippen LogP contribution in [-0.4, -0.2) is 47.0 Å². The summed E-state index contributed by atoms with van der Waals surface area (Å²) in [7, 11) is 0. The molecule has 4 rings (SSSR count). The first kappa shape index (κ1) is 25.0. The molecule has 0 saturated carbocycles. The molecule has 1 amide bonds. The predicted molar refractivity (Wildman–Crippen MR) is 143 cm³/mol. The van der Waals surface area contributed by atoms with E-state index in [1.165, 1.54) is 11.1 Å². The minimum absolute atomic E-state index is 0.0857. The highest BCUT2D eigenvalue weighted by Gasteiger charge is 2.16. The minimum Gasteiger partial charge on any atom is -0.508 e. The highest BCUT2D eigenvalue weighted by atomic mass is 16.3. The summed E-state index contributed by atoms with van der Waals surface area (Å²) < 4.78 is 0. The van der Waals surface area contributed by atoms with E-state index in [4.69, 9.17) is 0 Å². The monoisotopic (exact) mass is 471 g/mol. The second kappa shape index (κ2) is 11.1. The topological polar surface area (TPSA) is 55.8 Å². The Kier molecular flexibility index (Phi) is 7.89. The largest absolute Gasteiger partial charge is 0.508 e. The lowest BCUT2D eigenvalue weighted by Gasteiger charge is -2.22. The molecule has 1 heterocycles. The molecular weight excluding hydrogens is 434 g/mol. The van der Waals surface area contributed by atoms with Crippen LogP contribution in [0.25, 0.3) is 0 Å². The Morgan fingerprint density at radius 3 is 2.06 bits per heavy atom. The molecule has 5 heteroatoms. The van der Waals surface area contributed by atoms with E-state index in [-0.39, 0.29) is 11.3 Å². The number of carbonyl (C=O) groups is 1. The molecule has 1 aliphatic rings. The molecule has 1 saturated heterocycles. The van der Waals surface area contributed by atoms with Gasteiger partial charge in [0.1, 0.15) is 5.75 Å². The van der Waals surface area contributed by atoms with Crippen LogP contribution in [0.1, 0.15) is 54.2 Å². The molecule has 184 valence electrons. The zero-order valence-corrected chi connectivity index (χ0v) is 21.1. The van der Waals surface area contributed by atoms with Gasteiger partial charge in [0.15, 0.2) is 0 Å². The summed E-state index contributed by atoms with van der Waals surface area (Å²) in [5, 5.41) is 12.7. The van der Waals surface area contributed by atoms with E-state index < -0.39 is 0 Å². The van der Waals surface area contributed by atoms with Crippen molar-refractivity contribution in [3.05, 3.63) is 95.1 Å². The fourth-order valence-corrected chi connectivity index (χ4v) is 4.53. The Morgan fingerprint density at radius 1 is 0.829 bits per heavy atom. The molecule has 0 aliphatic carbocycles. The molecular formula is C30H37N3O2. The molecule has 0 unspecified atom stereocenters. The van der Waals surface area contributed by atoms with Gasteiger partial charge in [0.25, 0.3) is 5.91 Å². The molecule has 1 fully saturated rings. The third kappa shape index (κ3) is 7.17. The first-order valence-electron chi connectivity index (χ1n) is 12.5. The zero-order chi connectivity index (χ0) is 24.8. The zero-order valence-electron chi connectivity index (χ0n) is 21.1. The second-order valence-corrected chi connectivity index (χ2v) is 10.6. The van der Waals surface area contributed by atoms with Crippen LogP contribution in [-0.2, 0) is 18.5 Å². The number of anilines is 1. The van der Waals surface area contributed by atoms with Gasteiger partial charge in [-0.25, -0.2) is 0 Å². The summed E-state index contributed by atoms with van der Waals surface area (Å²) in [6.07, 6.45) is 1.12. The number of nitrogens with zero attached hydrogens (tertiary/aromatic N) is 2. The average molecular weight is 472 g/mol. The van der Waals surface area contributed by atoms with E-state index in [1.807, 2.05) is 36.4 Å². The van der Waals surface area contributed by atoms with E-state index in [0.717, 1.165) is 56.9 Å². The first-order chi connectivity index (χ1) is 16.8. The summed E-state index contributed by atoms with van der Waals surface area (Å²) in [5.74, 6) is 0.243. The third-order valence-electron chi connectivity index (χ3n) is 6.63. The van der Waals surface area contributed by atoms with Gasteiger partial charge in [-0.05, 0) is 78.0 Å². The maximum Gasteiger partial charge on any atom is 0.255 e. The summed E-state index contributed by atoms with van der Waals surface area (Å²) >= 11 is 0. The van der Waals surface area contributed by atoms with E-state index >= 15 is 0 Å². The van der Waals surface area contributed by atoms with Gasteiger partial charge in [0.05, 0.1) is 0 Å². The number of phenols is 1. The summed E-state index contributed by atoms with van der Waals surface area (Å²) in [4.78, 5) is 17.6. The number of aromatic hydroxyl groups is 1. The van der Waals surface area contributed by atoms with Crippen molar-refractivity contribution in [1.82, 2.24) is 9.80 Å². The molecule has 1 aliphatic heterocycles. The van der Waals surface area contributed by atoms with Gasteiger partial charge >= 0.3 is 0 Å². The van der Waals surface area contributed by atoms with Crippen LogP contribution >= 0.6 is 0 Å². The van der Waals surface area contributed by atoms with Crippen molar-refractivity contribution in [2.24, 2.45) is 0 Å². The van der Waals surface area contributed by atoms with Crippen LogP contribution < -0.4 is 5.32 Å². The summed E-state index contributed by atoms with van der Waals surface area (Å²) in [5.41, 5.74) is 5.19. The molecule has 35 heavy (non-hydrogen) atoms. The van der Waals surface area contributed by atoms with Gasteiger partial charge in [-0.15, -0.1) is 0 Å². The van der Waals surface area contributed by atoms with Crippen molar-refractivity contribution in [2.45, 2.75) is 45.7 Å². The first-order valence-corrected chi connectivity index (χ1v) is 12.5. The van der Waals surface area contributed by atoms with Crippen molar-refractivity contribution in [3.63, 3.8) is 0 Å². The molecule has 0 atom stereocenters. The highest BCUT2D eigenvalue weighted by Crippen LogP contribution is 2.24. The SMILES string of the molecule is CC(C)(C)c1ccc(NC(=O)c2ccc(CN3CCCN(Cc4cccc(O)c4)CC3)cc2)cc1. The number of carbonyl (C=O) groups excluding carboxylic acids is 1. The Morgan fingerprint density at radius 2 is 1.46 bits per heavy atom. The van der Waals surface area contributed by atoms with E-state index in [0.29, 0.717) is 11.3 Å². The Balaban J connectivity index is 1.28. The number of amides is 1. The van der Waals surface area contributed by atoms with Gasteiger partial charge in [-0.1, -0.05) is 57.2 Å². The third-order valence-corrected chi connectivity index (χ3v) is 6.63. The molecule has 2 N–H and O–H groups in total. The van der Waals surface area contributed by atoms with Gasteiger partial charge < -0.3 is 10.4 Å². The molecule has 0 aromatic heterocycles. The summed E-state index contributed by atoms with van der Waals surface area (Å²) in [6, 6.07) is 23.6. The molecule has 3 aromatic carbocycles. The lowest BCUT2D eigenvalue weighted by Crippen LogP contribution is -2.30. The van der Waals surface area contributed by atoms with E-state index in [2.05, 4.69) is 66.2 Å². The number of benzene rings is 3. The second-order valence-electron chi connectivity index (χ2n) is 10.6. The fraction of sp³-hybridized carbons (Fsp3) is 0.367. The van der Waals surface area contributed by atoms with Crippen LogP contribution in [0, 0.1) is 0 Å². The number of nitrogens with one attached hydrogen (secondary N) is 1. The van der Waals surface area contributed by atoms with Gasteiger partial charge in [-0.3, -0.25) is 14.6 Å². The normalized spacial score (nSPS) is 15.5. The van der Waals surface area contributed by atoms with Gasteiger partial charge in [-0.2, -0.15) is 0 Å². The number of hydrogen-bond acceptors (Lipinski definition) is 4. The van der Waals surface area contributed by atoms with Crippen LogP contribution in [0.5, 0.6) is 5.75 Å². The Hall–Kier alpha value is -3.15. The van der Waals surface area contributed by atoms with Crippen molar-refractivity contribution >= 4 is 11.6 Å². The van der Waals surface area contributed by atoms with Gasteiger partial charge in [0.2, 0.25) is 0 Å². The molecule has 3 aromatic rings. The molecule has 5 nitrogen and oxygen atoms in total. The van der Waals surface area contributed by atoms with Crippen molar-refractivity contribution in [1.29, 1.82) is 0 Å². The molecule has 0 radical (unpaired) electrons. The van der Waals surface area contributed by atoms with E-state index in [1.54, 1.807) is 6.07 Å². The van der Waals surface area contributed by atoms with Crippen molar-refractivity contribution in [2.75, 3.05) is 31.5 Å². The minimum atomic E-state index is -0.0857. The number of hydrogen-bond donors (Lipinski definition) is 2. The smallest absolute Gasteiger partial charge is 0.255 e. The predicted octanol–water partition coefficient (Wildman–Crippen LogP) is 5.65.